The molecule has 0 amide bonds. The van der Waals surface area contributed by atoms with E-state index in [4.69, 9.17) is 9.26 Å². The van der Waals surface area contributed by atoms with Crippen molar-refractivity contribution in [1.82, 2.24) is 15.0 Å². The summed E-state index contributed by atoms with van der Waals surface area (Å²) in [6.07, 6.45) is 0.443. The van der Waals surface area contributed by atoms with Crippen LogP contribution in [0.15, 0.2) is 53.1 Å². The van der Waals surface area contributed by atoms with Crippen LogP contribution >= 0.6 is 0 Å². The molecule has 6 heteroatoms. The molecule has 0 saturated carbocycles. The molecular formula is C20H22FN3O2. The summed E-state index contributed by atoms with van der Waals surface area (Å²) in [5, 5.41) is 4.00. The fourth-order valence-electron chi connectivity index (χ4n) is 2.74. The van der Waals surface area contributed by atoms with Gasteiger partial charge in [-0.05, 0) is 49.4 Å². The SMILES string of the molecule is COc1ccc([C@@H](C)N(C)Cc2nc(Cc3cccc(F)c3)no2)cc1. The normalized spacial score (nSPS) is 12.3. The molecule has 0 unspecified atom stereocenters. The monoisotopic (exact) mass is 355 g/mol. The van der Waals surface area contributed by atoms with E-state index < -0.39 is 0 Å². The third-order valence-electron chi connectivity index (χ3n) is 4.41. The first-order valence-electron chi connectivity index (χ1n) is 8.45. The Morgan fingerprint density at radius 1 is 1.19 bits per heavy atom. The van der Waals surface area contributed by atoms with Crippen LogP contribution in [0.4, 0.5) is 4.39 Å². The van der Waals surface area contributed by atoms with Gasteiger partial charge in [-0.3, -0.25) is 4.90 Å². The second-order valence-corrected chi connectivity index (χ2v) is 6.28. The Bertz CT molecular complexity index is 848. The van der Waals surface area contributed by atoms with Gasteiger partial charge in [-0.2, -0.15) is 4.98 Å². The number of halogens is 1. The van der Waals surface area contributed by atoms with Gasteiger partial charge in [-0.25, -0.2) is 4.39 Å². The van der Waals surface area contributed by atoms with Crippen molar-refractivity contribution < 1.29 is 13.7 Å². The Morgan fingerprint density at radius 2 is 1.96 bits per heavy atom. The minimum atomic E-state index is -0.265. The van der Waals surface area contributed by atoms with Crippen LogP contribution in [0.3, 0.4) is 0 Å². The van der Waals surface area contributed by atoms with E-state index in [0.717, 1.165) is 11.3 Å². The maximum absolute atomic E-state index is 13.3. The van der Waals surface area contributed by atoms with Crippen LogP contribution in [0.5, 0.6) is 5.75 Å². The number of hydrogen-bond acceptors (Lipinski definition) is 5. The molecule has 1 heterocycles. The minimum Gasteiger partial charge on any atom is -0.497 e. The first-order valence-corrected chi connectivity index (χ1v) is 8.45. The third kappa shape index (κ3) is 4.46. The van der Waals surface area contributed by atoms with Gasteiger partial charge >= 0.3 is 0 Å². The lowest BCUT2D eigenvalue weighted by molar-refractivity contribution is 0.216. The standard InChI is InChI=1S/C20H22FN3O2/c1-14(16-7-9-18(25-3)10-8-16)24(2)13-20-22-19(23-26-20)12-15-5-4-6-17(21)11-15/h4-11,14H,12-13H2,1-3H3/t14-/m1/s1. The molecule has 1 aromatic heterocycles. The number of rotatable bonds is 7. The Hall–Kier alpha value is -2.73. The lowest BCUT2D eigenvalue weighted by atomic mass is 10.1. The smallest absolute Gasteiger partial charge is 0.240 e. The van der Waals surface area contributed by atoms with Crippen LogP contribution in [-0.4, -0.2) is 29.2 Å². The fourth-order valence-corrected chi connectivity index (χ4v) is 2.74. The first kappa shape index (κ1) is 18.1. The van der Waals surface area contributed by atoms with E-state index in [1.165, 1.54) is 17.7 Å². The fraction of sp³-hybridized carbons (Fsp3) is 0.300. The van der Waals surface area contributed by atoms with E-state index in [0.29, 0.717) is 24.7 Å². The molecule has 3 aromatic rings. The average molecular weight is 355 g/mol. The van der Waals surface area contributed by atoms with Crippen LogP contribution < -0.4 is 4.74 Å². The van der Waals surface area contributed by atoms with E-state index in [1.54, 1.807) is 13.2 Å². The summed E-state index contributed by atoms with van der Waals surface area (Å²) in [5.41, 5.74) is 1.99. The van der Waals surface area contributed by atoms with Crippen LogP contribution in [0.2, 0.25) is 0 Å². The summed E-state index contributed by atoms with van der Waals surface area (Å²) < 4.78 is 23.8. The van der Waals surface area contributed by atoms with Gasteiger partial charge in [0.15, 0.2) is 5.82 Å². The van der Waals surface area contributed by atoms with Crippen molar-refractivity contribution >= 4 is 0 Å². The van der Waals surface area contributed by atoms with Crippen molar-refractivity contribution in [3.05, 3.63) is 77.2 Å². The molecule has 3 rings (SSSR count). The molecule has 0 N–H and O–H groups in total. The second-order valence-electron chi connectivity index (χ2n) is 6.28. The van der Waals surface area contributed by atoms with Gasteiger partial charge in [-0.15, -0.1) is 0 Å². The van der Waals surface area contributed by atoms with E-state index in [1.807, 2.05) is 37.4 Å². The third-order valence-corrected chi connectivity index (χ3v) is 4.41. The molecule has 2 aromatic carbocycles. The molecule has 0 saturated heterocycles. The maximum atomic E-state index is 13.3. The zero-order valence-electron chi connectivity index (χ0n) is 15.1. The minimum absolute atomic E-state index is 0.180. The predicted molar refractivity (Wildman–Crippen MR) is 96.4 cm³/mol. The molecule has 0 aliphatic carbocycles. The van der Waals surface area contributed by atoms with Crippen LogP contribution in [0.25, 0.3) is 0 Å². The molecular weight excluding hydrogens is 333 g/mol. The molecule has 5 nitrogen and oxygen atoms in total. The van der Waals surface area contributed by atoms with E-state index in [2.05, 4.69) is 22.0 Å². The maximum Gasteiger partial charge on any atom is 0.240 e. The van der Waals surface area contributed by atoms with E-state index in [9.17, 15) is 4.39 Å². The topological polar surface area (TPSA) is 51.4 Å². The number of aromatic nitrogens is 2. The molecule has 1 atom stereocenters. The summed E-state index contributed by atoms with van der Waals surface area (Å²) in [4.78, 5) is 6.54. The molecule has 0 radical (unpaired) electrons. The molecule has 0 bridgehead atoms. The lowest BCUT2D eigenvalue weighted by Gasteiger charge is -2.23. The second kappa shape index (κ2) is 8.10. The van der Waals surface area contributed by atoms with E-state index in [-0.39, 0.29) is 11.9 Å². The molecule has 0 aliphatic rings. The number of methoxy groups -OCH3 is 1. The first-order chi connectivity index (χ1) is 12.5. The number of ether oxygens (including phenoxy) is 1. The largest absolute Gasteiger partial charge is 0.497 e. The van der Waals surface area contributed by atoms with Crippen molar-refractivity contribution in [2.75, 3.05) is 14.2 Å². The Morgan fingerprint density at radius 3 is 2.65 bits per heavy atom. The number of hydrogen-bond donors (Lipinski definition) is 0. The zero-order chi connectivity index (χ0) is 18.5. The molecule has 0 fully saturated rings. The highest BCUT2D eigenvalue weighted by atomic mass is 19.1. The zero-order valence-corrected chi connectivity index (χ0v) is 15.1. The highest BCUT2D eigenvalue weighted by molar-refractivity contribution is 5.28. The van der Waals surface area contributed by atoms with Crippen molar-refractivity contribution in [3.8, 4) is 5.75 Å². The Balaban J connectivity index is 1.62. The number of nitrogens with zero attached hydrogens (tertiary/aromatic N) is 3. The van der Waals surface area contributed by atoms with Gasteiger partial charge in [-0.1, -0.05) is 29.4 Å². The van der Waals surface area contributed by atoms with Crippen molar-refractivity contribution in [3.63, 3.8) is 0 Å². The summed E-state index contributed by atoms with van der Waals surface area (Å²) >= 11 is 0. The van der Waals surface area contributed by atoms with Crippen molar-refractivity contribution in [1.29, 1.82) is 0 Å². The van der Waals surface area contributed by atoms with Crippen LogP contribution in [-0.2, 0) is 13.0 Å². The van der Waals surface area contributed by atoms with Crippen molar-refractivity contribution in [2.45, 2.75) is 25.9 Å². The highest BCUT2D eigenvalue weighted by Gasteiger charge is 2.16. The summed E-state index contributed by atoms with van der Waals surface area (Å²) in [6, 6.07) is 14.6. The summed E-state index contributed by atoms with van der Waals surface area (Å²) in [5.74, 6) is 1.66. The summed E-state index contributed by atoms with van der Waals surface area (Å²) in [7, 11) is 3.66. The van der Waals surface area contributed by atoms with E-state index >= 15 is 0 Å². The summed E-state index contributed by atoms with van der Waals surface area (Å²) in [6.45, 7) is 2.65. The van der Waals surface area contributed by atoms with Gasteiger partial charge in [0.1, 0.15) is 11.6 Å². The van der Waals surface area contributed by atoms with Crippen LogP contribution in [0, 0.1) is 5.82 Å². The molecule has 26 heavy (non-hydrogen) atoms. The van der Waals surface area contributed by atoms with Gasteiger partial charge < -0.3 is 9.26 Å². The van der Waals surface area contributed by atoms with Gasteiger partial charge in [0.25, 0.3) is 0 Å². The highest BCUT2D eigenvalue weighted by Crippen LogP contribution is 2.22. The number of benzene rings is 2. The molecule has 136 valence electrons. The lowest BCUT2D eigenvalue weighted by Crippen LogP contribution is -2.22. The van der Waals surface area contributed by atoms with Gasteiger partial charge in [0.05, 0.1) is 13.7 Å². The predicted octanol–water partition coefficient (Wildman–Crippen LogP) is 4.00. The van der Waals surface area contributed by atoms with Gasteiger partial charge in [0.2, 0.25) is 5.89 Å². The average Bonchev–Trinajstić information content (AvgIpc) is 3.08. The van der Waals surface area contributed by atoms with Crippen LogP contribution in [0.1, 0.15) is 35.8 Å². The molecule has 0 spiro atoms. The van der Waals surface area contributed by atoms with Crippen molar-refractivity contribution in [2.24, 2.45) is 0 Å². The quantitative estimate of drug-likeness (QED) is 0.641. The Kier molecular flexibility index (Phi) is 5.63. The Labute approximate surface area is 152 Å². The van der Waals surface area contributed by atoms with Gasteiger partial charge in [0, 0.05) is 12.5 Å². The molecule has 0 aliphatic heterocycles.